The first-order valence-corrected chi connectivity index (χ1v) is 5.13. The molecule has 2 heteroatoms. The van der Waals surface area contributed by atoms with Crippen LogP contribution in [0.15, 0.2) is 24.3 Å². The number of ether oxygens (including phenoxy) is 1. The highest BCUT2D eigenvalue weighted by molar-refractivity contribution is 9.09. The predicted molar refractivity (Wildman–Crippen MR) is 58.3 cm³/mol. The Labute approximate surface area is 87.2 Å². The topological polar surface area (TPSA) is 9.23 Å². The number of alkyl halides is 1. The van der Waals surface area contributed by atoms with Gasteiger partial charge in [-0.1, -0.05) is 39.9 Å². The van der Waals surface area contributed by atoms with Gasteiger partial charge in [0.25, 0.3) is 0 Å². The summed E-state index contributed by atoms with van der Waals surface area (Å²) in [5.41, 5.74) is 1.19. The average Bonchev–Trinajstić information content (AvgIpc) is 2.19. The van der Waals surface area contributed by atoms with Crippen molar-refractivity contribution in [2.24, 2.45) is 0 Å². The zero-order valence-corrected chi connectivity index (χ0v) is 9.10. The highest BCUT2D eigenvalue weighted by Crippen LogP contribution is 2.12. The van der Waals surface area contributed by atoms with Gasteiger partial charge in [-0.25, -0.2) is 0 Å². The zero-order chi connectivity index (χ0) is 9.52. The quantitative estimate of drug-likeness (QED) is 0.569. The van der Waals surface area contributed by atoms with E-state index in [2.05, 4.69) is 27.8 Å². The largest absolute Gasteiger partial charge is 0.497 e. The molecule has 1 nitrogen and oxygen atoms in total. The lowest BCUT2D eigenvalue weighted by Gasteiger charge is -2.00. The number of hydrogen-bond donors (Lipinski definition) is 0. The van der Waals surface area contributed by atoms with Crippen LogP contribution >= 0.6 is 15.9 Å². The fraction of sp³-hybridized carbons (Fsp3) is 0.273. The van der Waals surface area contributed by atoms with E-state index in [0.29, 0.717) is 0 Å². The summed E-state index contributed by atoms with van der Waals surface area (Å²) in [6.07, 6.45) is 0.781. The molecule has 0 atom stereocenters. The smallest absolute Gasteiger partial charge is 0.119 e. The lowest BCUT2D eigenvalue weighted by atomic mass is 10.1. The normalized spacial score (nSPS) is 8.77. The summed E-state index contributed by atoms with van der Waals surface area (Å²) in [4.78, 5) is 0. The summed E-state index contributed by atoms with van der Waals surface area (Å²) in [6, 6.07) is 7.96. The third kappa shape index (κ3) is 3.52. The standard InChI is InChI=1S/C11H11BrO/c1-13-11-7-4-6-10(9-11)5-2-3-8-12/h4,6-7,9H,5,8H2,1H3. The molecule has 0 fully saturated rings. The second kappa shape index (κ2) is 5.66. The number of halogens is 1. The molecule has 68 valence electrons. The van der Waals surface area contributed by atoms with Crippen LogP contribution in [0, 0.1) is 11.8 Å². The van der Waals surface area contributed by atoms with Crippen LogP contribution in [-0.4, -0.2) is 12.4 Å². The molecule has 0 heterocycles. The van der Waals surface area contributed by atoms with Crippen molar-refractivity contribution in [3.8, 4) is 17.6 Å². The summed E-state index contributed by atoms with van der Waals surface area (Å²) in [7, 11) is 1.67. The van der Waals surface area contributed by atoms with E-state index in [1.807, 2.05) is 24.3 Å². The molecular weight excluding hydrogens is 228 g/mol. The van der Waals surface area contributed by atoms with Crippen molar-refractivity contribution >= 4 is 15.9 Å². The Morgan fingerprint density at radius 3 is 2.92 bits per heavy atom. The van der Waals surface area contributed by atoms with Crippen LogP contribution in [0.25, 0.3) is 0 Å². The minimum atomic E-state index is 0.733. The zero-order valence-electron chi connectivity index (χ0n) is 7.51. The molecule has 0 bridgehead atoms. The van der Waals surface area contributed by atoms with Crippen LogP contribution in [0.1, 0.15) is 5.56 Å². The van der Waals surface area contributed by atoms with Crippen molar-refractivity contribution in [1.29, 1.82) is 0 Å². The fourth-order valence-corrected chi connectivity index (χ4v) is 1.19. The van der Waals surface area contributed by atoms with Gasteiger partial charge in [0, 0.05) is 6.42 Å². The van der Waals surface area contributed by atoms with Crippen LogP contribution in [0.5, 0.6) is 5.75 Å². The number of hydrogen-bond acceptors (Lipinski definition) is 1. The first kappa shape index (κ1) is 10.1. The highest BCUT2D eigenvalue weighted by Gasteiger charge is 1.92. The molecule has 0 aliphatic carbocycles. The molecule has 1 aromatic rings. The van der Waals surface area contributed by atoms with Crippen molar-refractivity contribution in [2.75, 3.05) is 12.4 Å². The lowest BCUT2D eigenvalue weighted by Crippen LogP contribution is -1.85. The molecule has 1 aromatic carbocycles. The van der Waals surface area contributed by atoms with Crippen molar-refractivity contribution in [3.05, 3.63) is 29.8 Å². The van der Waals surface area contributed by atoms with Crippen molar-refractivity contribution in [3.63, 3.8) is 0 Å². The van der Waals surface area contributed by atoms with Gasteiger partial charge in [0.1, 0.15) is 5.75 Å². The SMILES string of the molecule is COc1cccc(CC#CCBr)c1. The van der Waals surface area contributed by atoms with Gasteiger partial charge in [-0.3, -0.25) is 0 Å². The van der Waals surface area contributed by atoms with Gasteiger partial charge >= 0.3 is 0 Å². The average molecular weight is 239 g/mol. The Morgan fingerprint density at radius 2 is 2.23 bits per heavy atom. The van der Waals surface area contributed by atoms with E-state index < -0.39 is 0 Å². The molecule has 0 unspecified atom stereocenters. The minimum Gasteiger partial charge on any atom is -0.497 e. The molecule has 0 saturated carbocycles. The number of benzene rings is 1. The van der Waals surface area contributed by atoms with E-state index in [0.717, 1.165) is 17.5 Å². The van der Waals surface area contributed by atoms with Gasteiger partial charge in [-0.2, -0.15) is 0 Å². The summed E-state index contributed by atoms with van der Waals surface area (Å²) in [6.45, 7) is 0. The Kier molecular flexibility index (Phi) is 4.42. The molecule has 0 N–H and O–H groups in total. The second-order valence-electron chi connectivity index (χ2n) is 2.52. The molecule has 0 spiro atoms. The van der Waals surface area contributed by atoms with Crippen LogP contribution in [-0.2, 0) is 6.42 Å². The van der Waals surface area contributed by atoms with Gasteiger partial charge < -0.3 is 4.74 Å². The van der Waals surface area contributed by atoms with Crippen LogP contribution in [0.4, 0.5) is 0 Å². The monoisotopic (exact) mass is 238 g/mol. The first-order chi connectivity index (χ1) is 6.36. The Hall–Kier alpha value is -0.940. The molecule has 0 amide bonds. The van der Waals surface area contributed by atoms with Gasteiger partial charge in [0.05, 0.1) is 12.4 Å². The molecule has 0 saturated heterocycles. The number of methoxy groups -OCH3 is 1. The molecule has 0 radical (unpaired) electrons. The van der Waals surface area contributed by atoms with E-state index in [1.165, 1.54) is 5.56 Å². The Balaban J connectivity index is 2.66. The third-order valence-electron chi connectivity index (χ3n) is 1.62. The molecule has 1 rings (SSSR count). The Bertz CT molecular complexity index is 322. The summed E-state index contributed by atoms with van der Waals surface area (Å²) >= 11 is 3.25. The van der Waals surface area contributed by atoms with Crippen LogP contribution in [0.3, 0.4) is 0 Å². The summed E-state index contributed by atoms with van der Waals surface area (Å²) in [5, 5.41) is 0.733. The van der Waals surface area contributed by atoms with Crippen molar-refractivity contribution < 1.29 is 4.74 Å². The third-order valence-corrected chi connectivity index (χ3v) is 1.90. The maximum atomic E-state index is 5.10. The summed E-state index contributed by atoms with van der Waals surface area (Å²) < 4.78 is 5.10. The molecule has 0 aromatic heterocycles. The molecule has 13 heavy (non-hydrogen) atoms. The van der Waals surface area contributed by atoms with Gasteiger partial charge in [0.15, 0.2) is 0 Å². The predicted octanol–water partition coefficient (Wildman–Crippen LogP) is 2.64. The van der Waals surface area contributed by atoms with E-state index in [-0.39, 0.29) is 0 Å². The Morgan fingerprint density at radius 1 is 1.38 bits per heavy atom. The molecule has 0 aliphatic rings. The van der Waals surface area contributed by atoms with E-state index in [1.54, 1.807) is 7.11 Å². The van der Waals surface area contributed by atoms with Crippen molar-refractivity contribution in [2.45, 2.75) is 6.42 Å². The number of rotatable bonds is 2. The van der Waals surface area contributed by atoms with Crippen LogP contribution < -0.4 is 4.74 Å². The fourth-order valence-electron chi connectivity index (χ4n) is 0.994. The van der Waals surface area contributed by atoms with E-state index in [4.69, 9.17) is 4.74 Å². The van der Waals surface area contributed by atoms with Crippen molar-refractivity contribution in [1.82, 2.24) is 0 Å². The summed E-state index contributed by atoms with van der Waals surface area (Å²) in [5.74, 6) is 6.90. The van der Waals surface area contributed by atoms with E-state index >= 15 is 0 Å². The maximum Gasteiger partial charge on any atom is 0.119 e. The van der Waals surface area contributed by atoms with E-state index in [9.17, 15) is 0 Å². The second-order valence-corrected chi connectivity index (χ2v) is 3.08. The molecular formula is C11H11BrO. The highest BCUT2D eigenvalue weighted by atomic mass is 79.9. The maximum absolute atomic E-state index is 5.10. The minimum absolute atomic E-state index is 0.733. The van der Waals surface area contributed by atoms with Gasteiger partial charge in [-0.05, 0) is 17.7 Å². The molecule has 0 aliphatic heterocycles. The first-order valence-electron chi connectivity index (χ1n) is 4.01. The van der Waals surface area contributed by atoms with Gasteiger partial charge in [-0.15, -0.1) is 0 Å². The lowest BCUT2D eigenvalue weighted by molar-refractivity contribution is 0.414. The van der Waals surface area contributed by atoms with Gasteiger partial charge in [0.2, 0.25) is 0 Å². The van der Waals surface area contributed by atoms with Crippen LogP contribution in [0.2, 0.25) is 0 Å².